The van der Waals surface area contributed by atoms with Crippen LogP contribution in [0, 0.1) is 6.92 Å². The molecule has 2 aromatic carbocycles. The number of carboxylic acids is 1. The molecule has 4 rings (SSSR count). The first-order valence-corrected chi connectivity index (χ1v) is 10.9. The van der Waals surface area contributed by atoms with Crippen molar-refractivity contribution in [3.63, 3.8) is 0 Å². The van der Waals surface area contributed by atoms with E-state index < -0.39 is 5.97 Å². The molecular weight excluding hydrogens is 374 g/mol. The number of benzene rings is 2. The molecule has 1 aliphatic rings. The van der Waals surface area contributed by atoms with Gasteiger partial charge in [-0.15, -0.1) is 0 Å². The summed E-state index contributed by atoms with van der Waals surface area (Å²) in [4.78, 5) is 13.6. The van der Waals surface area contributed by atoms with Gasteiger partial charge in [0.15, 0.2) is 0 Å². The second-order valence-corrected chi connectivity index (χ2v) is 7.55. The number of piperidine rings is 1. The van der Waals surface area contributed by atoms with Crippen LogP contribution in [0.3, 0.4) is 0 Å². The van der Waals surface area contributed by atoms with E-state index in [0.29, 0.717) is 0 Å². The minimum Gasteiger partial charge on any atom is -0.478 e. The highest BCUT2D eigenvalue weighted by molar-refractivity contribution is 5.88. The van der Waals surface area contributed by atoms with Gasteiger partial charge in [0, 0.05) is 23.2 Å². The molecule has 0 saturated carbocycles. The Morgan fingerprint density at radius 1 is 0.967 bits per heavy atom. The van der Waals surface area contributed by atoms with Gasteiger partial charge >= 0.3 is 5.97 Å². The Morgan fingerprint density at radius 3 is 2.30 bits per heavy atom. The molecule has 1 aliphatic heterocycles. The summed E-state index contributed by atoms with van der Waals surface area (Å²) in [5.74, 6) is 0.770. The lowest BCUT2D eigenvalue weighted by Gasteiger charge is -2.26. The second-order valence-electron chi connectivity index (χ2n) is 7.55. The van der Waals surface area contributed by atoms with Gasteiger partial charge in [-0.05, 0) is 57.1 Å². The van der Waals surface area contributed by atoms with Crippen LogP contribution in [0.1, 0.15) is 54.6 Å². The Balaban J connectivity index is 0.00000124. The van der Waals surface area contributed by atoms with Crippen LogP contribution in [0.5, 0.6) is 0 Å². The van der Waals surface area contributed by atoms with Crippen LogP contribution in [0.4, 0.5) is 0 Å². The van der Waals surface area contributed by atoms with Gasteiger partial charge in [-0.3, -0.25) is 4.90 Å². The van der Waals surface area contributed by atoms with Crippen molar-refractivity contribution in [1.82, 2.24) is 4.90 Å². The first kappa shape index (κ1) is 21.8. The molecule has 0 radical (unpaired) electrons. The topological polar surface area (TPSA) is 53.7 Å². The molecule has 4 nitrogen and oxygen atoms in total. The average Bonchev–Trinajstić information content (AvgIpc) is 3.20. The van der Waals surface area contributed by atoms with Crippen molar-refractivity contribution in [3.05, 3.63) is 71.3 Å². The van der Waals surface area contributed by atoms with E-state index in [-0.39, 0.29) is 5.56 Å². The van der Waals surface area contributed by atoms with E-state index in [1.165, 1.54) is 24.8 Å². The molecule has 0 bridgehead atoms. The fourth-order valence-corrected chi connectivity index (χ4v) is 3.85. The third-order valence-corrected chi connectivity index (χ3v) is 5.35. The Labute approximate surface area is 179 Å². The maximum absolute atomic E-state index is 11.2. The number of likely N-dealkylation sites (tertiary alicyclic amines) is 1. The van der Waals surface area contributed by atoms with Gasteiger partial charge in [-0.25, -0.2) is 4.79 Å². The molecule has 0 atom stereocenters. The number of aryl methyl sites for hydroxylation is 1. The number of hydrogen-bond acceptors (Lipinski definition) is 3. The first-order chi connectivity index (χ1) is 14.6. The second kappa shape index (κ2) is 10.3. The lowest BCUT2D eigenvalue weighted by molar-refractivity contribution is 0.0697. The molecule has 1 aromatic heterocycles. The van der Waals surface area contributed by atoms with Crippen molar-refractivity contribution in [2.45, 2.75) is 46.6 Å². The minimum absolute atomic E-state index is 0.284. The van der Waals surface area contributed by atoms with E-state index in [4.69, 9.17) is 9.52 Å². The summed E-state index contributed by atoms with van der Waals surface area (Å²) in [6, 6.07) is 17.4. The molecule has 1 N–H and O–H groups in total. The molecule has 3 aromatic rings. The number of rotatable bonds is 5. The Bertz CT molecular complexity index is 966. The lowest BCUT2D eigenvalue weighted by atomic mass is 10.0. The van der Waals surface area contributed by atoms with Crippen molar-refractivity contribution in [3.8, 4) is 22.6 Å². The Kier molecular flexibility index (Phi) is 7.47. The molecule has 0 amide bonds. The number of hydrogen-bond donors (Lipinski definition) is 1. The summed E-state index contributed by atoms with van der Waals surface area (Å²) in [7, 11) is 0. The number of carbonyl (C=O) groups is 1. The summed E-state index contributed by atoms with van der Waals surface area (Å²) in [5, 5.41) is 9.17. The molecule has 0 spiro atoms. The quantitative estimate of drug-likeness (QED) is 0.517. The van der Waals surface area contributed by atoms with Gasteiger partial charge in [0.1, 0.15) is 11.5 Å². The van der Waals surface area contributed by atoms with E-state index in [1.54, 1.807) is 12.1 Å². The summed E-state index contributed by atoms with van der Waals surface area (Å²) in [6.45, 7) is 9.16. The van der Waals surface area contributed by atoms with Crippen LogP contribution in [-0.4, -0.2) is 29.1 Å². The van der Waals surface area contributed by atoms with Crippen LogP contribution in [0.2, 0.25) is 0 Å². The van der Waals surface area contributed by atoms with Crippen molar-refractivity contribution >= 4 is 5.97 Å². The summed E-state index contributed by atoms with van der Waals surface area (Å²) < 4.78 is 6.31. The predicted octanol–water partition coefficient (Wildman–Crippen LogP) is 6.63. The third-order valence-electron chi connectivity index (χ3n) is 5.35. The van der Waals surface area contributed by atoms with Gasteiger partial charge in [0.2, 0.25) is 0 Å². The maximum atomic E-state index is 11.2. The molecule has 30 heavy (non-hydrogen) atoms. The van der Waals surface area contributed by atoms with E-state index in [0.717, 1.165) is 47.8 Å². The normalized spacial score (nSPS) is 14.1. The van der Waals surface area contributed by atoms with Gasteiger partial charge < -0.3 is 9.52 Å². The highest BCUT2D eigenvalue weighted by atomic mass is 16.4. The van der Waals surface area contributed by atoms with Gasteiger partial charge in [0.25, 0.3) is 0 Å². The Hall–Kier alpha value is -2.85. The van der Waals surface area contributed by atoms with E-state index in [2.05, 4.69) is 36.1 Å². The summed E-state index contributed by atoms with van der Waals surface area (Å²) >= 11 is 0. The number of aromatic carboxylic acids is 1. The smallest absolute Gasteiger partial charge is 0.335 e. The zero-order valence-electron chi connectivity index (χ0n) is 18.1. The van der Waals surface area contributed by atoms with Crippen molar-refractivity contribution < 1.29 is 14.3 Å². The highest BCUT2D eigenvalue weighted by Gasteiger charge is 2.19. The van der Waals surface area contributed by atoms with Gasteiger partial charge in [-0.1, -0.05) is 56.2 Å². The SMILES string of the molecule is CC.Cc1cccc(-c2cc(CN3CCCCC3)c(-c3ccc(C(=O)O)cc3)o2)c1. The fraction of sp³-hybridized carbons (Fsp3) is 0.346. The van der Waals surface area contributed by atoms with Gasteiger partial charge in [-0.2, -0.15) is 0 Å². The van der Waals surface area contributed by atoms with Crippen LogP contribution < -0.4 is 0 Å². The molecule has 4 heteroatoms. The van der Waals surface area contributed by atoms with E-state index >= 15 is 0 Å². The number of nitrogens with zero attached hydrogens (tertiary/aromatic N) is 1. The average molecular weight is 406 g/mol. The molecule has 1 saturated heterocycles. The van der Waals surface area contributed by atoms with Crippen LogP contribution in [0.15, 0.2) is 59.0 Å². The van der Waals surface area contributed by atoms with Crippen molar-refractivity contribution in [2.24, 2.45) is 0 Å². The van der Waals surface area contributed by atoms with Crippen LogP contribution >= 0.6 is 0 Å². The van der Waals surface area contributed by atoms with Crippen LogP contribution in [0.25, 0.3) is 22.6 Å². The van der Waals surface area contributed by atoms with E-state index in [1.807, 2.05) is 32.0 Å². The Morgan fingerprint density at radius 2 is 1.67 bits per heavy atom. The molecule has 0 aliphatic carbocycles. The summed E-state index contributed by atoms with van der Waals surface area (Å²) in [5.41, 5.74) is 4.61. The van der Waals surface area contributed by atoms with Crippen molar-refractivity contribution in [2.75, 3.05) is 13.1 Å². The minimum atomic E-state index is -0.917. The first-order valence-electron chi connectivity index (χ1n) is 10.9. The molecule has 0 unspecified atom stereocenters. The largest absolute Gasteiger partial charge is 0.478 e. The molecule has 1 fully saturated rings. The monoisotopic (exact) mass is 405 g/mol. The molecular formula is C26H31NO3. The predicted molar refractivity (Wildman–Crippen MR) is 122 cm³/mol. The highest BCUT2D eigenvalue weighted by Crippen LogP contribution is 2.34. The number of carboxylic acid groups (broad SMARTS) is 1. The zero-order valence-corrected chi connectivity index (χ0v) is 18.1. The van der Waals surface area contributed by atoms with E-state index in [9.17, 15) is 4.79 Å². The van der Waals surface area contributed by atoms with Crippen molar-refractivity contribution in [1.29, 1.82) is 0 Å². The number of furan rings is 1. The zero-order chi connectivity index (χ0) is 21.5. The van der Waals surface area contributed by atoms with Gasteiger partial charge in [0.05, 0.1) is 5.56 Å². The lowest BCUT2D eigenvalue weighted by Crippen LogP contribution is -2.29. The molecule has 2 heterocycles. The third kappa shape index (κ3) is 5.19. The molecule has 158 valence electrons. The fourth-order valence-electron chi connectivity index (χ4n) is 3.85. The van der Waals surface area contributed by atoms with Crippen LogP contribution in [-0.2, 0) is 6.54 Å². The maximum Gasteiger partial charge on any atom is 0.335 e. The standard InChI is InChI=1S/C24H25NO3.C2H6/c1-17-6-5-7-20(14-17)22-15-21(16-25-12-3-2-4-13-25)23(28-22)18-8-10-19(11-9-18)24(26)27;1-2/h5-11,14-15H,2-4,12-13,16H2,1H3,(H,26,27);1-2H3. The summed E-state index contributed by atoms with van der Waals surface area (Å²) in [6.07, 6.45) is 3.79.